The molecule has 1 aliphatic carbocycles. The average Bonchev–Trinajstić information content (AvgIpc) is 2.87. The summed E-state index contributed by atoms with van der Waals surface area (Å²) in [6, 6.07) is 0.234. The minimum atomic E-state index is -0.153. The Morgan fingerprint density at radius 2 is 2.21 bits per heavy atom. The first-order valence-electron chi connectivity index (χ1n) is 6.99. The Labute approximate surface area is 113 Å². The van der Waals surface area contributed by atoms with Crippen molar-refractivity contribution in [3.63, 3.8) is 0 Å². The van der Waals surface area contributed by atoms with Crippen molar-refractivity contribution in [2.24, 2.45) is 5.73 Å². The van der Waals surface area contributed by atoms with Crippen LogP contribution in [0.4, 0.5) is 0 Å². The molecule has 1 aromatic heterocycles. The maximum Gasteiger partial charge on any atom is 0.244 e. The van der Waals surface area contributed by atoms with Gasteiger partial charge in [0.2, 0.25) is 5.91 Å². The average molecular weight is 265 g/mol. The second kappa shape index (κ2) is 6.14. The number of nitrogens with zero attached hydrogens (tertiary/aromatic N) is 4. The quantitative estimate of drug-likeness (QED) is 0.884. The maximum atomic E-state index is 12.2. The highest BCUT2D eigenvalue weighted by atomic mass is 16.2. The molecule has 19 heavy (non-hydrogen) atoms. The smallest absolute Gasteiger partial charge is 0.244 e. The Kier molecular flexibility index (Phi) is 4.52. The topological polar surface area (TPSA) is 77.0 Å². The van der Waals surface area contributed by atoms with Crippen LogP contribution in [-0.4, -0.2) is 38.9 Å². The van der Waals surface area contributed by atoms with Crippen LogP contribution in [0.3, 0.4) is 0 Å². The Morgan fingerprint density at radius 3 is 2.79 bits per heavy atom. The molecule has 1 heterocycles. The van der Waals surface area contributed by atoms with E-state index in [2.05, 4.69) is 10.3 Å². The minimum Gasteiger partial charge on any atom is -0.341 e. The molecule has 1 atom stereocenters. The molecule has 0 radical (unpaired) electrons. The van der Waals surface area contributed by atoms with Gasteiger partial charge in [-0.25, -0.2) is 4.68 Å². The molecule has 1 saturated carbocycles. The van der Waals surface area contributed by atoms with Crippen LogP contribution in [0.1, 0.15) is 50.8 Å². The molecule has 1 aromatic rings. The molecule has 1 aliphatic rings. The third kappa shape index (κ3) is 3.53. The Hall–Kier alpha value is -1.43. The van der Waals surface area contributed by atoms with E-state index in [1.165, 1.54) is 19.3 Å². The summed E-state index contributed by atoms with van der Waals surface area (Å²) < 4.78 is 1.57. The molecule has 6 heteroatoms. The first-order valence-corrected chi connectivity index (χ1v) is 6.99. The van der Waals surface area contributed by atoms with Gasteiger partial charge in [0, 0.05) is 19.1 Å². The number of likely N-dealkylation sites (N-methyl/N-ethyl adjacent to an activating group) is 1. The molecule has 1 fully saturated rings. The predicted octanol–water partition coefficient (Wildman–Crippen LogP) is 1.09. The summed E-state index contributed by atoms with van der Waals surface area (Å²) in [5, 5.41) is 7.90. The zero-order valence-corrected chi connectivity index (χ0v) is 11.7. The van der Waals surface area contributed by atoms with E-state index < -0.39 is 0 Å². The van der Waals surface area contributed by atoms with Gasteiger partial charge < -0.3 is 10.6 Å². The second-order valence-corrected chi connectivity index (χ2v) is 5.43. The molecule has 106 valence electrons. The van der Waals surface area contributed by atoms with Crippen LogP contribution in [0, 0.1) is 0 Å². The molecular formula is C13H23N5O. The Balaban J connectivity index is 1.91. The number of nitrogens with two attached hydrogens (primary N) is 1. The van der Waals surface area contributed by atoms with Gasteiger partial charge in [-0.05, 0) is 19.8 Å². The molecule has 0 saturated heterocycles. The van der Waals surface area contributed by atoms with Crippen molar-refractivity contribution in [1.82, 2.24) is 19.9 Å². The van der Waals surface area contributed by atoms with E-state index in [0.717, 1.165) is 12.8 Å². The highest BCUT2D eigenvalue weighted by Gasteiger charge is 2.22. The lowest BCUT2D eigenvalue weighted by molar-refractivity contribution is -0.133. The minimum absolute atomic E-state index is 0.0908. The molecule has 2 rings (SSSR count). The lowest BCUT2D eigenvalue weighted by Gasteiger charge is -2.31. The van der Waals surface area contributed by atoms with Crippen LogP contribution in [0.15, 0.2) is 6.20 Å². The predicted molar refractivity (Wildman–Crippen MR) is 72.3 cm³/mol. The highest BCUT2D eigenvalue weighted by molar-refractivity contribution is 5.75. The van der Waals surface area contributed by atoms with Crippen molar-refractivity contribution in [3.05, 3.63) is 11.9 Å². The number of rotatable bonds is 4. The lowest BCUT2D eigenvalue weighted by Crippen LogP contribution is -2.40. The van der Waals surface area contributed by atoms with Gasteiger partial charge in [0.1, 0.15) is 6.54 Å². The number of carbonyl (C=O) groups is 1. The summed E-state index contributed by atoms with van der Waals surface area (Å²) in [4.78, 5) is 14.1. The summed E-state index contributed by atoms with van der Waals surface area (Å²) >= 11 is 0. The summed E-state index contributed by atoms with van der Waals surface area (Å²) in [7, 11) is 1.89. The molecular weight excluding hydrogens is 242 g/mol. The number of amides is 1. The lowest BCUT2D eigenvalue weighted by atomic mass is 9.94. The first kappa shape index (κ1) is 14.0. The van der Waals surface area contributed by atoms with E-state index in [9.17, 15) is 4.79 Å². The molecule has 0 aromatic carbocycles. The molecule has 1 unspecified atom stereocenters. The third-order valence-corrected chi connectivity index (χ3v) is 3.84. The van der Waals surface area contributed by atoms with Crippen LogP contribution in [0.25, 0.3) is 0 Å². The SMILES string of the molecule is CC(N)c1cn(CC(=O)N(C)C2CCCCC2)nn1. The zero-order valence-electron chi connectivity index (χ0n) is 11.7. The van der Waals surface area contributed by atoms with Gasteiger partial charge >= 0.3 is 0 Å². The van der Waals surface area contributed by atoms with Crippen molar-refractivity contribution in [1.29, 1.82) is 0 Å². The van der Waals surface area contributed by atoms with Gasteiger partial charge in [-0.1, -0.05) is 24.5 Å². The van der Waals surface area contributed by atoms with Crippen molar-refractivity contribution < 1.29 is 4.79 Å². The monoisotopic (exact) mass is 265 g/mol. The van der Waals surface area contributed by atoms with E-state index >= 15 is 0 Å². The molecule has 6 nitrogen and oxygen atoms in total. The number of aromatic nitrogens is 3. The highest BCUT2D eigenvalue weighted by Crippen LogP contribution is 2.21. The Bertz CT molecular complexity index is 422. The van der Waals surface area contributed by atoms with Gasteiger partial charge in [-0.2, -0.15) is 0 Å². The van der Waals surface area contributed by atoms with E-state index in [0.29, 0.717) is 11.7 Å². The summed E-state index contributed by atoms with van der Waals surface area (Å²) in [5.41, 5.74) is 6.44. The standard InChI is InChI=1S/C13H23N5O/c1-10(14)12-8-18(16-15-12)9-13(19)17(2)11-6-4-3-5-7-11/h8,10-11H,3-7,9,14H2,1-2H3. The van der Waals surface area contributed by atoms with Gasteiger partial charge in [-0.3, -0.25) is 4.79 Å². The third-order valence-electron chi connectivity index (χ3n) is 3.84. The van der Waals surface area contributed by atoms with Crippen LogP contribution in [0.2, 0.25) is 0 Å². The van der Waals surface area contributed by atoms with E-state index in [1.54, 1.807) is 10.9 Å². The zero-order chi connectivity index (χ0) is 13.8. The van der Waals surface area contributed by atoms with Crippen molar-refractivity contribution in [3.8, 4) is 0 Å². The van der Waals surface area contributed by atoms with E-state index in [-0.39, 0.29) is 18.5 Å². The van der Waals surface area contributed by atoms with Crippen molar-refractivity contribution >= 4 is 5.91 Å². The molecule has 2 N–H and O–H groups in total. The van der Waals surface area contributed by atoms with Gasteiger partial charge in [-0.15, -0.1) is 5.10 Å². The van der Waals surface area contributed by atoms with Gasteiger partial charge in [0.15, 0.2) is 0 Å². The second-order valence-electron chi connectivity index (χ2n) is 5.43. The van der Waals surface area contributed by atoms with Crippen LogP contribution < -0.4 is 5.73 Å². The van der Waals surface area contributed by atoms with Crippen LogP contribution in [0.5, 0.6) is 0 Å². The fraction of sp³-hybridized carbons (Fsp3) is 0.769. The maximum absolute atomic E-state index is 12.2. The molecule has 0 aliphatic heterocycles. The van der Waals surface area contributed by atoms with E-state index in [4.69, 9.17) is 5.73 Å². The van der Waals surface area contributed by atoms with E-state index in [1.807, 2.05) is 18.9 Å². The molecule has 0 bridgehead atoms. The van der Waals surface area contributed by atoms with Gasteiger partial charge in [0.05, 0.1) is 11.9 Å². The fourth-order valence-electron chi connectivity index (χ4n) is 2.52. The fourth-order valence-corrected chi connectivity index (χ4v) is 2.52. The number of hydrogen-bond donors (Lipinski definition) is 1. The normalized spacial score (nSPS) is 18.3. The van der Waals surface area contributed by atoms with Crippen LogP contribution >= 0.6 is 0 Å². The first-order chi connectivity index (χ1) is 9.08. The Morgan fingerprint density at radius 1 is 1.53 bits per heavy atom. The number of hydrogen-bond acceptors (Lipinski definition) is 4. The van der Waals surface area contributed by atoms with Crippen LogP contribution in [-0.2, 0) is 11.3 Å². The van der Waals surface area contributed by atoms with Crippen molar-refractivity contribution in [2.75, 3.05) is 7.05 Å². The molecule has 0 spiro atoms. The summed E-state index contributed by atoms with van der Waals surface area (Å²) in [6.07, 6.45) is 7.72. The largest absolute Gasteiger partial charge is 0.341 e. The summed E-state index contributed by atoms with van der Waals surface area (Å²) in [5.74, 6) is 0.0908. The number of carbonyl (C=O) groups excluding carboxylic acids is 1. The molecule has 1 amide bonds. The van der Waals surface area contributed by atoms with Crippen molar-refractivity contribution in [2.45, 2.75) is 57.7 Å². The summed E-state index contributed by atoms with van der Waals surface area (Å²) in [6.45, 7) is 2.09. The van der Waals surface area contributed by atoms with Gasteiger partial charge in [0.25, 0.3) is 0 Å².